The first-order valence-electron chi connectivity index (χ1n) is 7.47. The molecule has 22 heavy (non-hydrogen) atoms. The van der Waals surface area contributed by atoms with E-state index in [-0.39, 0.29) is 0 Å². The first-order chi connectivity index (χ1) is 10.5. The molecule has 0 spiro atoms. The van der Waals surface area contributed by atoms with Crippen LogP contribution in [0.3, 0.4) is 0 Å². The predicted molar refractivity (Wildman–Crippen MR) is 97.1 cm³/mol. The topological polar surface area (TPSA) is 3.24 Å². The molecule has 0 atom stereocenters. The Morgan fingerprint density at radius 1 is 0.773 bits per heavy atom. The van der Waals surface area contributed by atoms with Crippen molar-refractivity contribution < 1.29 is 0 Å². The van der Waals surface area contributed by atoms with E-state index in [1.165, 1.54) is 33.2 Å². The van der Waals surface area contributed by atoms with Crippen LogP contribution in [0.1, 0.15) is 12.5 Å². The molecule has 1 aliphatic rings. The van der Waals surface area contributed by atoms with E-state index >= 15 is 0 Å². The maximum absolute atomic E-state index is 4.29. The fourth-order valence-corrected chi connectivity index (χ4v) is 3.02. The Bertz CT molecular complexity index is 857. The van der Waals surface area contributed by atoms with Crippen molar-refractivity contribution in [3.8, 4) is 0 Å². The Labute approximate surface area is 132 Å². The van der Waals surface area contributed by atoms with Crippen LogP contribution in [-0.2, 0) is 0 Å². The summed E-state index contributed by atoms with van der Waals surface area (Å²) in [4.78, 5) is 2.11. The number of hydrogen-bond acceptors (Lipinski definition) is 1. The monoisotopic (exact) mass is 287 g/mol. The molecule has 3 rings (SSSR count). The van der Waals surface area contributed by atoms with Gasteiger partial charge in [-0.1, -0.05) is 49.6 Å². The molecule has 1 nitrogen and oxygen atoms in total. The maximum Gasteiger partial charge on any atom is 0.0361 e. The molecule has 0 saturated carbocycles. The summed E-state index contributed by atoms with van der Waals surface area (Å²) in [5, 5.41) is 2.26. The highest BCUT2D eigenvalue weighted by Gasteiger charge is 2.25. The summed E-state index contributed by atoms with van der Waals surface area (Å²) < 4.78 is 0. The lowest BCUT2D eigenvalue weighted by Crippen LogP contribution is -2.18. The minimum Gasteiger partial charge on any atom is -0.378 e. The largest absolute Gasteiger partial charge is 0.378 e. The standard InChI is InChI=1S/C21H21N/c1-14-6-8-17(9-7-14)20-15(2)21(16(20)3)18-10-12-19(13-11-18)22(4)5/h6-13H,1-2H2,3-5H3. The Kier molecular flexibility index (Phi) is 3.50. The summed E-state index contributed by atoms with van der Waals surface area (Å²) in [6.45, 7) is 10.4. The van der Waals surface area contributed by atoms with Gasteiger partial charge in [-0.05, 0) is 57.3 Å². The molecule has 0 unspecified atom stereocenters. The Hall–Kier alpha value is -2.54. The zero-order chi connectivity index (χ0) is 15.9. The van der Waals surface area contributed by atoms with E-state index in [4.69, 9.17) is 0 Å². The maximum atomic E-state index is 4.29. The van der Waals surface area contributed by atoms with Crippen molar-refractivity contribution in [2.75, 3.05) is 19.0 Å². The van der Waals surface area contributed by atoms with Crippen LogP contribution in [0.25, 0.3) is 17.7 Å². The lowest BCUT2D eigenvalue weighted by molar-refractivity contribution is 1.13. The summed E-state index contributed by atoms with van der Waals surface area (Å²) in [6, 6.07) is 17.0. The second-order valence-corrected chi connectivity index (χ2v) is 5.99. The van der Waals surface area contributed by atoms with Gasteiger partial charge in [0.1, 0.15) is 0 Å². The second-order valence-electron chi connectivity index (χ2n) is 5.99. The highest BCUT2D eigenvalue weighted by molar-refractivity contribution is 6.12. The molecule has 0 aliphatic heterocycles. The van der Waals surface area contributed by atoms with Gasteiger partial charge < -0.3 is 4.90 Å². The minimum atomic E-state index is 1.04. The number of allylic oxidation sites excluding steroid dienone is 3. The fourth-order valence-electron chi connectivity index (χ4n) is 3.02. The first-order valence-corrected chi connectivity index (χ1v) is 7.47. The van der Waals surface area contributed by atoms with Crippen LogP contribution in [-0.4, -0.2) is 14.1 Å². The predicted octanol–water partition coefficient (Wildman–Crippen LogP) is 3.36. The lowest BCUT2D eigenvalue weighted by atomic mass is 9.75. The Balaban J connectivity index is 2.06. The van der Waals surface area contributed by atoms with E-state index in [1.807, 2.05) is 12.1 Å². The number of benzene rings is 2. The minimum absolute atomic E-state index is 1.04. The third kappa shape index (κ3) is 2.29. The van der Waals surface area contributed by atoms with Gasteiger partial charge in [0.2, 0.25) is 0 Å². The van der Waals surface area contributed by atoms with Gasteiger partial charge in [-0.2, -0.15) is 0 Å². The highest BCUT2D eigenvalue weighted by Crippen LogP contribution is 2.45. The van der Waals surface area contributed by atoms with Crippen LogP contribution in [0.4, 0.5) is 5.69 Å². The first kappa shape index (κ1) is 14.4. The van der Waals surface area contributed by atoms with Gasteiger partial charge in [0.15, 0.2) is 0 Å². The number of hydrogen-bond donors (Lipinski definition) is 0. The average molecular weight is 287 g/mol. The van der Waals surface area contributed by atoms with Crippen LogP contribution >= 0.6 is 0 Å². The van der Waals surface area contributed by atoms with E-state index in [1.54, 1.807) is 0 Å². The van der Waals surface area contributed by atoms with E-state index in [0.29, 0.717) is 0 Å². The van der Waals surface area contributed by atoms with E-state index in [0.717, 1.165) is 10.8 Å². The van der Waals surface area contributed by atoms with Gasteiger partial charge in [0, 0.05) is 19.8 Å². The van der Waals surface area contributed by atoms with Crippen molar-refractivity contribution in [3.63, 3.8) is 0 Å². The zero-order valence-corrected chi connectivity index (χ0v) is 13.5. The van der Waals surface area contributed by atoms with Crippen molar-refractivity contribution in [1.82, 2.24) is 0 Å². The van der Waals surface area contributed by atoms with Crippen LogP contribution in [0.15, 0.2) is 66.3 Å². The Morgan fingerprint density at radius 2 is 1.36 bits per heavy atom. The van der Waals surface area contributed by atoms with Crippen molar-refractivity contribution in [3.05, 3.63) is 82.3 Å². The molecule has 0 radical (unpaired) electrons. The molecule has 0 bridgehead atoms. The lowest BCUT2D eigenvalue weighted by Gasteiger charge is -2.29. The third-order valence-electron chi connectivity index (χ3n) is 4.27. The number of anilines is 1. The SMILES string of the molecule is C=C1C(c2ccc(N(C)C)cc2)=C(C)C1=c1ccc(=C)cc1. The van der Waals surface area contributed by atoms with Crippen LogP contribution in [0, 0.1) is 0 Å². The summed E-state index contributed by atoms with van der Waals surface area (Å²) >= 11 is 0. The summed E-state index contributed by atoms with van der Waals surface area (Å²) in [5.74, 6) is 0. The van der Waals surface area contributed by atoms with E-state index in [2.05, 4.69) is 75.5 Å². The van der Waals surface area contributed by atoms with Crippen LogP contribution in [0.2, 0.25) is 0 Å². The van der Waals surface area contributed by atoms with Crippen molar-refractivity contribution >= 4 is 23.4 Å². The van der Waals surface area contributed by atoms with E-state index in [9.17, 15) is 0 Å². The van der Waals surface area contributed by atoms with Crippen LogP contribution < -0.4 is 15.3 Å². The van der Waals surface area contributed by atoms with Gasteiger partial charge in [0.25, 0.3) is 0 Å². The molecule has 2 aromatic carbocycles. The molecule has 1 heteroatoms. The molecule has 1 aliphatic carbocycles. The number of rotatable bonds is 2. The average Bonchev–Trinajstić information content (AvgIpc) is 2.50. The van der Waals surface area contributed by atoms with Crippen molar-refractivity contribution in [2.24, 2.45) is 0 Å². The molecule has 0 fully saturated rings. The van der Waals surface area contributed by atoms with Crippen molar-refractivity contribution in [2.45, 2.75) is 6.92 Å². The molecular formula is C21H21N. The Morgan fingerprint density at radius 3 is 1.86 bits per heavy atom. The molecule has 110 valence electrons. The summed E-state index contributed by atoms with van der Waals surface area (Å²) in [7, 11) is 4.11. The molecule has 0 heterocycles. The molecule has 0 N–H and O–H groups in total. The number of nitrogens with zero attached hydrogens (tertiary/aromatic N) is 1. The van der Waals surface area contributed by atoms with Gasteiger partial charge in [0.05, 0.1) is 0 Å². The zero-order valence-electron chi connectivity index (χ0n) is 13.5. The van der Waals surface area contributed by atoms with Crippen LogP contribution in [0.5, 0.6) is 0 Å². The molecule has 0 saturated heterocycles. The fraction of sp³-hybridized carbons (Fsp3) is 0.143. The van der Waals surface area contributed by atoms with Gasteiger partial charge in [-0.3, -0.25) is 0 Å². The molecule has 0 amide bonds. The summed E-state index contributed by atoms with van der Waals surface area (Å²) in [5.41, 5.74) is 7.45. The normalized spacial score (nSPS) is 14.1. The highest BCUT2D eigenvalue weighted by atomic mass is 15.1. The van der Waals surface area contributed by atoms with E-state index < -0.39 is 0 Å². The van der Waals surface area contributed by atoms with Gasteiger partial charge in [-0.15, -0.1) is 0 Å². The smallest absolute Gasteiger partial charge is 0.0361 e. The van der Waals surface area contributed by atoms with Gasteiger partial charge >= 0.3 is 0 Å². The molecular weight excluding hydrogens is 266 g/mol. The summed E-state index contributed by atoms with van der Waals surface area (Å²) in [6.07, 6.45) is 0. The quantitative estimate of drug-likeness (QED) is 0.818. The third-order valence-corrected chi connectivity index (χ3v) is 4.27. The van der Waals surface area contributed by atoms with Gasteiger partial charge in [-0.25, -0.2) is 0 Å². The van der Waals surface area contributed by atoms with Crippen molar-refractivity contribution in [1.29, 1.82) is 0 Å². The molecule has 0 aromatic heterocycles. The molecule has 2 aromatic rings. The second kappa shape index (κ2) is 5.34.